The quantitative estimate of drug-likeness (QED) is 0.151. The van der Waals surface area contributed by atoms with E-state index in [1.54, 1.807) is 20.8 Å². The number of aliphatic hydroxyl groups is 1. The number of nitrogens with zero attached hydrogens (tertiary/aromatic N) is 6. The van der Waals surface area contributed by atoms with Gasteiger partial charge in [-0.3, -0.25) is 13.9 Å². The third kappa shape index (κ3) is 8.25. The van der Waals surface area contributed by atoms with E-state index in [-0.39, 0.29) is 53.2 Å². The van der Waals surface area contributed by atoms with Crippen molar-refractivity contribution >= 4 is 62.3 Å². The topological polar surface area (TPSA) is 79.4 Å². The molecule has 0 aliphatic carbocycles. The summed E-state index contributed by atoms with van der Waals surface area (Å²) in [4.78, 5) is 25.4. The summed E-state index contributed by atoms with van der Waals surface area (Å²) in [5.41, 5.74) is 9.33. The number of carbonyl (C=O) groups is 1. The Balaban J connectivity index is 0.000000212. The van der Waals surface area contributed by atoms with Gasteiger partial charge in [0.2, 0.25) is 0 Å². The predicted octanol–water partition coefficient (Wildman–Crippen LogP) is 4.75. The maximum absolute atomic E-state index is 11.5. The normalized spacial score (nSPS) is 14.1. The molecule has 1 N–H and O–H groups in total. The molecular formula is C40H45BrMgN6O2. The average Bonchev–Trinajstić information content (AvgIpc) is 3.91. The van der Waals surface area contributed by atoms with Gasteiger partial charge in [0.1, 0.15) is 12.7 Å². The van der Waals surface area contributed by atoms with E-state index in [2.05, 4.69) is 77.4 Å². The van der Waals surface area contributed by atoms with Crippen molar-refractivity contribution in [2.75, 3.05) is 36.0 Å². The van der Waals surface area contributed by atoms with Crippen LogP contribution in [0.1, 0.15) is 62.4 Å². The molecule has 0 radical (unpaired) electrons. The fraction of sp³-hybridized carbons (Fsp3) is 0.300. The van der Waals surface area contributed by atoms with E-state index in [0.717, 1.165) is 65.2 Å². The van der Waals surface area contributed by atoms with Crippen molar-refractivity contribution in [1.29, 1.82) is 0 Å². The summed E-state index contributed by atoms with van der Waals surface area (Å²) < 4.78 is 4.20. The van der Waals surface area contributed by atoms with Crippen molar-refractivity contribution in [3.8, 4) is 11.4 Å². The Morgan fingerprint density at radius 2 is 1.10 bits per heavy atom. The second kappa shape index (κ2) is 16.5. The maximum Gasteiger partial charge on any atom is 2.00 e. The Kier molecular flexibility index (Phi) is 12.9. The van der Waals surface area contributed by atoms with Crippen LogP contribution in [-0.2, 0) is 5.60 Å². The first kappa shape index (κ1) is 39.1. The van der Waals surface area contributed by atoms with Crippen LogP contribution in [0.2, 0.25) is 0 Å². The third-order valence-electron chi connectivity index (χ3n) is 9.37. The van der Waals surface area contributed by atoms with Crippen molar-refractivity contribution in [2.45, 2.75) is 52.1 Å². The van der Waals surface area contributed by atoms with Gasteiger partial charge in [-0.2, -0.15) is 0 Å². The first-order valence-electron chi connectivity index (χ1n) is 16.6. The Morgan fingerprint density at radius 3 is 1.56 bits per heavy atom. The van der Waals surface area contributed by atoms with Crippen LogP contribution >= 0.6 is 0 Å². The van der Waals surface area contributed by atoms with Crippen LogP contribution < -0.4 is 26.8 Å². The number of carbonyl (C=O) groups excluding carboxylic acids is 1. The Labute approximate surface area is 322 Å². The smallest absolute Gasteiger partial charge is 1.00 e. The number of benzene rings is 4. The van der Waals surface area contributed by atoms with Crippen molar-refractivity contribution in [1.82, 2.24) is 19.1 Å². The van der Waals surface area contributed by atoms with Crippen LogP contribution in [0.4, 0.5) is 11.4 Å². The summed E-state index contributed by atoms with van der Waals surface area (Å²) in [6.45, 7) is 9.73. The van der Waals surface area contributed by atoms with E-state index in [1.807, 2.05) is 49.1 Å². The van der Waals surface area contributed by atoms with E-state index in [1.165, 1.54) is 37.1 Å². The zero-order chi connectivity index (χ0) is 32.5. The largest absolute Gasteiger partial charge is 2.00 e. The van der Waals surface area contributed by atoms with E-state index >= 15 is 0 Å². The van der Waals surface area contributed by atoms with Gasteiger partial charge in [-0.15, -0.1) is 0 Å². The Morgan fingerprint density at radius 1 is 0.660 bits per heavy atom. The Bertz CT molecular complexity index is 2050. The van der Waals surface area contributed by atoms with Crippen molar-refractivity contribution in [3.05, 3.63) is 116 Å². The fourth-order valence-corrected chi connectivity index (χ4v) is 6.67. The number of rotatable bonds is 6. The number of halogens is 1. The molecule has 0 unspecified atom stereocenters. The molecule has 8 nitrogen and oxygen atoms in total. The molecule has 0 saturated carbocycles. The standard InChI is InChI=1S/C20H23N3O.C19H19N3O.CH3.BrH.Mg/c1-20(2,24)15-8-9-19-18(12-15)21-14-23(19)17-7-5-6-16(13-17)22-10-3-4-11-22;1-14(23)15-7-8-19-18(11-15)20-13-22(19)17-6-4-5-16(12-17)21-9-2-3-10-21;;;/h5-9,12-14,24H,3-4,10-11H2,1-2H3;4-8,11-13H,2-3,9-10H2,1H3;1H3;1H;/q;;-1;;+2/p-1. The molecule has 2 aliphatic heterocycles. The average molecular weight is 746 g/mol. The van der Waals surface area contributed by atoms with Crippen LogP contribution in [-0.4, -0.2) is 79.2 Å². The van der Waals surface area contributed by atoms with Crippen LogP contribution in [0.25, 0.3) is 33.4 Å². The molecule has 4 aromatic carbocycles. The van der Waals surface area contributed by atoms with E-state index < -0.39 is 5.60 Å². The molecular weight excluding hydrogens is 701 g/mol. The molecule has 2 aromatic heterocycles. The number of aromatic nitrogens is 4. The van der Waals surface area contributed by atoms with Crippen molar-refractivity contribution < 1.29 is 26.9 Å². The van der Waals surface area contributed by atoms with Gasteiger partial charge in [0.25, 0.3) is 0 Å². The van der Waals surface area contributed by atoms with E-state index in [9.17, 15) is 9.90 Å². The first-order chi connectivity index (χ1) is 22.7. The first-order valence-corrected chi connectivity index (χ1v) is 16.6. The van der Waals surface area contributed by atoms with Crippen LogP contribution in [0.3, 0.4) is 0 Å². The number of ketones is 1. The molecule has 256 valence electrons. The van der Waals surface area contributed by atoms with Gasteiger partial charge in [0.15, 0.2) is 5.78 Å². The van der Waals surface area contributed by atoms with E-state index in [0.29, 0.717) is 5.56 Å². The number of Topliss-reactive ketones (excluding diaryl/α,β-unsaturated/α-hetero) is 1. The van der Waals surface area contributed by atoms with Gasteiger partial charge in [-0.05, 0) is 119 Å². The SMILES string of the molecule is CC(=O)c1ccc2c(c1)ncn2-c1cccc(N2CCCC2)c1.CC(C)(O)c1ccc2c(c1)ncn2-c1cccc(N2CCCC2)c1.[Br-].[CH3-].[Mg+2]. The minimum atomic E-state index is -0.854. The van der Waals surface area contributed by atoms with Gasteiger partial charge in [0.05, 0.1) is 27.7 Å². The second-order valence-corrected chi connectivity index (χ2v) is 13.2. The minimum absolute atomic E-state index is 0. The number of anilines is 2. The van der Waals surface area contributed by atoms with Crippen LogP contribution in [0.15, 0.2) is 97.6 Å². The summed E-state index contributed by atoms with van der Waals surface area (Å²) in [5.74, 6) is 0.0671. The molecule has 4 heterocycles. The molecule has 0 spiro atoms. The van der Waals surface area contributed by atoms with Crippen LogP contribution in [0.5, 0.6) is 0 Å². The molecule has 6 aromatic rings. The summed E-state index contributed by atoms with van der Waals surface area (Å²) in [5, 5.41) is 10.2. The second-order valence-electron chi connectivity index (χ2n) is 13.2. The zero-order valence-corrected chi connectivity index (χ0v) is 32.5. The number of fused-ring (bicyclic) bond motifs is 2. The molecule has 0 atom stereocenters. The monoisotopic (exact) mass is 744 g/mol. The molecule has 50 heavy (non-hydrogen) atoms. The zero-order valence-electron chi connectivity index (χ0n) is 29.5. The molecule has 0 amide bonds. The minimum Gasteiger partial charge on any atom is -1.00 e. The van der Waals surface area contributed by atoms with Crippen molar-refractivity contribution in [2.24, 2.45) is 0 Å². The fourth-order valence-electron chi connectivity index (χ4n) is 6.67. The van der Waals surface area contributed by atoms with Crippen LogP contribution in [0, 0.1) is 7.43 Å². The summed E-state index contributed by atoms with van der Waals surface area (Å²) in [7, 11) is 0. The summed E-state index contributed by atoms with van der Waals surface area (Å²) in [6, 6.07) is 28.9. The van der Waals surface area contributed by atoms with E-state index in [4.69, 9.17) is 0 Å². The predicted molar refractivity (Wildman–Crippen MR) is 202 cm³/mol. The number of hydrogen-bond acceptors (Lipinski definition) is 6. The van der Waals surface area contributed by atoms with Crippen molar-refractivity contribution in [3.63, 3.8) is 0 Å². The molecule has 2 aliphatic rings. The van der Waals surface area contributed by atoms with Gasteiger partial charge in [-0.1, -0.05) is 18.2 Å². The summed E-state index contributed by atoms with van der Waals surface area (Å²) >= 11 is 0. The van der Waals surface area contributed by atoms with Gasteiger partial charge in [0, 0.05) is 54.5 Å². The number of imidazole rings is 2. The Hall–Kier alpha value is -3.70. The van der Waals surface area contributed by atoms with Gasteiger partial charge in [-0.25, -0.2) is 9.97 Å². The summed E-state index contributed by atoms with van der Waals surface area (Å²) in [6.07, 6.45) is 8.79. The molecule has 10 heteroatoms. The third-order valence-corrected chi connectivity index (χ3v) is 9.37. The molecule has 2 saturated heterocycles. The molecule has 0 bridgehead atoms. The molecule has 2 fully saturated rings. The number of hydrogen-bond donors (Lipinski definition) is 1. The van der Waals surface area contributed by atoms with Gasteiger partial charge < -0.3 is 39.3 Å². The molecule has 8 rings (SSSR count). The maximum atomic E-state index is 11.5. The van der Waals surface area contributed by atoms with Gasteiger partial charge >= 0.3 is 23.1 Å².